The third-order valence-corrected chi connectivity index (χ3v) is 8.71. The molecule has 2 aromatic heterocycles. The third-order valence-electron chi connectivity index (χ3n) is 7.57. The molecule has 4 aromatic rings. The Morgan fingerprint density at radius 1 is 1.00 bits per heavy atom. The van der Waals surface area contributed by atoms with Gasteiger partial charge in [-0.15, -0.1) is 0 Å². The van der Waals surface area contributed by atoms with Crippen LogP contribution in [0.25, 0.3) is 10.9 Å². The van der Waals surface area contributed by atoms with Crippen molar-refractivity contribution < 1.29 is 38.5 Å². The van der Waals surface area contributed by atoms with Gasteiger partial charge in [-0.05, 0) is 61.2 Å². The van der Waals surface area contributed by atoms with E-state index in [2.05, 4.69) is 20.4 Å². The molecule has 0 bridgehead atoms. The number of hydrogen-bond acceptors (Lipinski definition) is 7. The van der Waals surface area contributed by atoms with E-state index in [1.165, 1.54) is 16.5 Å². The van der Waals surface area contributed by atoms with E-state index in [9.17, 15) is 33.8 Å². The van der Waals surface area contributed by atoms with Crippen LogP contribution >= 0.6 is 10.2 Å². The largest absolute Gasteiger partial charge is 0.486 e. The van der Waals surface area contributed by atoms with Crippen LogP contribution in [0.4, 0.5) is 25.1 Å². The fourth-order valence-electron chi connectivity index (χ4n) is 5.48. The summed E-state index contributed by atoms with van der Waals surface area (Å²) in [4.78, 5) is 46.5. The average molecular weight is 637 g/mol. The maximum absolute atomic E-state index is 13.6. The zero-order valence-corrected chi connectivity index (χ0v) is 23.8. The molecular formula is C28H25F5N6O4S. The Kier molecular flexibility index (Phi) is 6.50. The molecule has 2 fully saturated rings. The summed E-state index contributed by atoms with van der Waals surface area (Å²) in [7, 11) is -9.96. The Labute approximate surface area is 246 Å². The summed E-state index contributed by atoms with van der Waals surface area (Å²) in [6.45, 7) is 1.09. The van der Waals surface area contributed by atoms with E-state index in [1.807, 2.05) is 0 Å². The number of ketones is 1. The number of amides is 2. The number of rotatable bonds is 9. The summed E-state index contributed by atoms with van der Waals surface area (Å²) in [5, 5.41) is 7.05. The highest BCUT2D eigenvalue weighted by atomic mass is 32.5. The van der Waals surface area contributed by atoms with Gasteiger partial charge in [0.2, 0.25) is 11.8 Å². The van der Waals surface area contributed by atoms with Gasteiger partial charge in [0.1, 0.15) is 35.5 Å². The highest BCUT2D eigenvalue weighted by Crippen LogP contribution is 3.02. The highest BCUT2D eigenvalue weighted by molar-refractivity contribution is 8.45. The molecule has 10 nitrogen and oxygen atoms in total. The van der Waals surface area contributed by atoms with Gasteiger partial charge in [-0.2, -0.15) is 5.10 Å². The smallest absolute Gasteiger partial charge is 0.310 e. The molecule has 44 heavy (non-hydrogen) atoms. The molecule has 16 heteroatoms. The first-order valence-electron chi connectivity index (χ1n) is 13.4. The molecule has 3 atom stereocenters. The number of benzene rings is 2. The van der Waals surface area contributed by atoms with Crippen molar-refractivity contribution in [3.05, 3.63) is 72.4 Å². The fraction of sp³-hybridized carbons (Fsp3) is 0.286. The number of piperidine rings is 1. The van der Waals surface area contributed by atoms with Crippen molar-refractivity contribution in [2.24, 2.45) is 5.92 Å². The number of likely N-dealkylation sites (tertiary alicyclic amines) is 1. The fourth-order valence-corrected chi connectivity index (χ4v) is 6.16. The van der Waals surface area contributed by atoms with E-state index in [0.717, 1.165) is 12.1 Å². The number of aromatic nitrogens is 4. The average Bonchev–Trinajstić information content (AvgIpc) is 3.46. The first-order valence-corrected chi connectivity index (χ1v) is 15.4. The van der Waals surface area contributed by atoms with Gasteiger partial charge in [-0.1, -0.05) is 25.5 Å². The van der Waals surface area contributed by atoms with Crippen LogP contribution in [-0.2, 0) is 22.7 Å². The third kappa shape index (κ3) is 5.93. The standard InChI is InChI=1S/C28H25F5N6O4S/c1-16(40)27-21-13-19(43-15-25-34-8-3-9-35-25)6-7-22(21)38(37-27)14-26(41)39-23-10-17(23)11-24(39)28(42)36-18-4-2-5-20(12-18)44(29,30,31,32)33/h2-9,12-13,17,23-24H,10-11,14-15H2,1H3,(H,36,42)/t17-,23-,24+/m1/s1. The van der Waals surface area contributed by atoms with Crippen LogP contribution in [0.3, 0.4) is 0 Å². The highest BCUT2D eigenvalue weighted by Gasteiger charge is 2.65. The lowest BCUT2D eigenvalue weighted by atomic mass is 10.1. The molecule has 2 aliphatic rings. The molecule has 1 aliphatic heterocycles. The topological polar surface area (TPSA) is 119 Å². The lowest BCUT2D eigenvalue weighted by Gasteiger charge is -2.40. The minimum atomic E-state index is -9.96. The maximum Gasteiger partial charge on any atom is 0.310 e. The molecule has 0 spiro atoms. The molecule has 1 aliphatic carbocycles. The summed E-state index contributed by atoms with van der Waals surface area (Å²) in [5.74, 6) is -0.721. The van der Waals surface area contributed by atoms with Crippen LogP contribution in [0.15, 0.2) is 65.8 Å². The van der Waals surface area contributed by atoms with Crippen LogP contribution in [0.1, 0.15) is 36.1 Å². The number of hydrogen-bond donors (Lipinski definition) is 1. The summed E-state index contributed by atoms with van der Waals surface area (Å²) in [6, 6.07) is 7.57. The SMILES string of the molecule is CC(=O)c1nn(CC(=O)N2[C@@H]3C[C@@H]3C[C@H]2C(=O)Nc2cccc(S(F)(F)(F)(F)F)c2)c2ccc(OCc3ncccn3)cc12. The Morgan fingerprint density at radius 2 is 1.75 bits per heavy atom. The quantitative estimate of drug-likeness (QED) is 0.180. The summed E-state index contributed by atoms with van der Waals surface area (Å²) >= 11 is 0. The summed E-state index contributed by atoms with van der Waals surface area (Å²) in [6.07, 6.45) is 4.08. The van der Waals surface area contributed by atoms with E-state index < -0.39 is 38.7 Å². The molecule has 0 unspecified atom stereocenters. The van der Waals surface area contributed by atoms with Crippen molar-refractivity contribution in [3.8, 4) is 5.75 Å². The summed E-state index contributed by atoms with van der Waals surface area (Å²) in [5.41, 5.74) is 0.111. The van der Waals surface area contributed by atoms with Crippen molar-refractivity contribution in [1.82, 2.24) is 24.6 Å². The maximum atomic E-state index is 13.6. The van der Waals surface area contributed by atoms with Crippen molar-refractivity contribution in [1.29, 1.82) is 0 Å². The van der Waals surface area contributed by atoms with E-state index in [1.54, 1.807) is 36.7 Å². The minimum Gasteiger partial charge on any atom is -0.486 e. The molecule has 3 heterocycles. The molecule has 0 radical (unpaired) electrons. The molecule has 2 amide bonds. The normalized spacial score (nSPS) is 20.9. The predicted octanol–water partition coefficient (Wildman–Crippen LogP) is 5.89. The second kappa shape index (κ2) is 9.70. The summed E-state index contributed by atoms with van der Waals surface area (Å²) < 4.78 is 73.5. The zero-order chi connectivity index (χ0) is 31.5. The van der Waals surface area contributed by atoms with E-state index >= 15 is 0 Å². The van der Waals surface area contributed by atoms with Crippen molar-refractivity contribution >= 4 is 44.4 Å². The van der Waals surface area contributed by atoms with E-state index in [4.69, 9.17) is 4.74 Å². The molecule has 232 valence electrons. The number of fused-ring (bicyclic) bond motifs is 2. The Morgan fingerprint density at radius 3 is 2.45 bits per heavy atom. The van der Waals surface area contributed by atoms with Crippen molar-refractivity contribution in [2.45, 2.75) is 49.9 Å². The lowest BCUT2D eigenvalue weighted by molar-refractivity contribution is -0.138. The molecule has 6 rings (SSSR count). The Hall–Kier alpha value is -4.60. The second-order valence-corrected chi connectivity index (χ2v) is 13.2. The van der Waals surface area contributed by atoms with Gasteiger partial charge in [0.05, 0.1) is 5.52 Å². The Bertz CT molecular complexity index is 1820. The van der Waals surface area contributed by atoms with Crippen LogP contribution in [0, 0.1) is 5.92 Å². The number of nitrogens with one attached hydrogen (secondary N) is 1. The molecule has 1 N–H and O–H groups in total. The van der Waals surface area contributed by atoms with Gasteiger partial charge in [-0.25, -0.2) is 9.97 Å². The number of anilines is 1. The van der Waals surface area contributed by atoms with Gasteiger partial charge in [-0.3, -0.25) is 19.1 Å². The number of nitrogens with zero attached hydrogens (tertiary/aromatic N) is 5. The predicted molar refractivity (Wildman–Crippen MR) is 150 cm³/mol. The molecule has 1 saturated heterocycles. The van der Waals surface area contributed by atoms with Gasteiger partial charge >= 0.3 is 10.2 Å². The lowest BCUT2D eigenvalue weighted by Crippen LogP contribution is -2.46. The van der Waals surface area contributed by atoms with E-state index in [-0.39, 0.29) is 55.1 Å². The number of ether oxygens (including phenoxy) is 1. The van der Waals surface area contributed by atoms with Gasteiger partial charge in [0.15, 0.2) is 11.6 Å². The number of Topliss-reactive ketones (excluding diaryl/α,β-unsaturated/α-hetero) is 1. The molecular weight excluding hydrogens is 611 g/mol. The number of carbonyl (C=O) groups excluding carboxylic acids is 3. The van der Waals surface area contributed by atoms with E-state index in [0.29, 0.717) is 28.9 Å². The number of halogens is 5. The molecule has 1 saturated carbocycles. The monoisotopic (exact) mass is 636 g/mol. The second-order valence-electron chi connectivity index (χ2n) is 10.8. The molecule has 2 aromatic carbocycles. The van der Waals surface area contributed by atoms with Gasteiger partial charge < -0.3 is 15.0 Å². The zero-order valence-electron chi connectivity index (χ0n) is 23.0. The van der Waals surface area contributed by atoms with Gasteiger partial charge in [0.25, 0.3) is 0 Å². The Balaban J connectivity index is 1.20. The first-order chi connectivity index (χ1) is 20.6. The van der Waals surface area contributed by atoms with Crippen LogP contribution < -0.4 is 10.1 Å². The first kappa shape index (κ1) is 29.5. The van der Waals surface area contributed by atoms with Crippen molar-refractivity contribution in [2.75, 3.05) is 5.32 Å². The number of carbonyl (C=O) groups is 3. The van der Waals surface area contributed by atoms with Crippen LogP contribution in [0.5, 0.6) is 5.75 Å². The van der Waals surface area contributed by atoms with Gasteiger partial charge in [0, 0.05) is 36.4 Å². The minimum absolute atomic E-state index is 0.0289. The van der Waals surface area contributed by atoms with Crippen molar-refractivity contribution in [3.63, 3.8) is 0 Å². The van der Waals surface area contributed by atoms with Crippen LogP contribution in [-0.4, -0.2) is 54.3 Å². The van der Waals surface area contributed by atoms with Crippen LogP contribution in [0.2, 0.25) is 0 Å².